The Hall–Kier alpha value is -0.340. The molecule has 2 nitrogen and oxygen atoms in total. The smallest absolute Gasteiger partial charge is 0.171 e. The van der Waals surface area contributed by atoms with Crippen LogP contribution in [0.5, 0.6) is 0 Å². The molecule has 2 saturated carbocycles. The fourth-order valence-corrected chi connectivity index (χ4v) is 5.42. The van der Waals surface area contributed by atoms with Gasteiger partial charge in [-0.1, -0.05) is 31.4 Å². The zero-order chi connectivity index (χ0) is 14.1. The summed E-state index contributed by atoms with van der Waals surface area (Å²) in [4.78, 5) is 0. The molecule has 0 spiro atoms. The van der Waals surface area contributed by atoms with Crippen LogP contribution in [0.1, 0.15) is 64.2 Å². The van der Waals surface area contributed by atoms with Crippen molar-refractivity contribution in [2.24, 2.45) is 23.7 Å². The first-order valence-electron chi connectivity index (χ1n) is 9.32. The van der Waals surface area contributed by atoms with E-state index < -0.39 is 0 Å². The Morgan fingerprint density at radius 3 is 2.43 bits per heavy atom. The van der Waals surface area contributed by atoms with Crippen LogP contribution >= 0.6 is 0 Å². The highest BCUT2D eigenvalue weighted by Crippen LogP contribution is 2.46. The summed E-state index contributed by atoms with van der Waals surface area (Å²) in [5.74, 6) is 3.30. The van der Waals surface area contributed by atoms with Gasteiger partial charge < -0.3 is 9.47 Å². The SMILES string of the molecule is C1=CC2CC1CC2CCCCC1(C2CCCC2)OCCO1. The van der Waals surface area contributed by atoms with E-state index in [0.717, 1.165) is 37.4 Å². The molecule has 0 aromatic carbocycles. The summed E-state index contributed by atoms with van der Waals surface area (Å²) in [5.41, 5.74) is 0. The van der Waals surface area contributed by atoms with Gasteiger partial charge in [0.1, 0.15) is 0 Å². The third-order valence-corrected chi connectivity index (χ3v) is 6.52. The van der Waals surface area contributed by atoms with Crippen molar-refractivity contribution in [3.8, 4) is 0 Å². The Bertz CT molecular complexity index is 377. The Kier molecular flexibility index (Phi) is 4.10. The quantitative estimate of drug-likeness (QED) is 0.522. The number of allylic oxidation sites excluding steroid dienone is 2. The predicted molar refractivity (Wildman–Crippen MR) is 83.9 cm³/mol. The van der Waals surface area contributed by atoms with Gasteiger partial charge in [-0.15, -0.1) is 0 Å². The summed E-state index contributed by atoms with van der Waals surface area (Å²) >= 11 is 0. The first-order valence-corrected chi connectivity index (χ1v) is 9.32. The zero-order valence-corrected chi connectivity index (χ0v) is 13.3. The first-order chi connectivity index (χ1) is 10.4. The van der Waals surface area contributed by atoms with Crippen molar-refractivity contribution < 1.29 is 9.47 Å². The van der Waals surface area contributed by atoms with Crippen LogP contribution in [0.3, 0.4) is 0 Å². The molecule has 118 valence electrons. The van der Waals surface area contributed by atoms with E-state index in [1.807, 2.05) is 0 Å². The number of hydrogen-bond acceptors (Lipinski definition) is 2. The Morgan fingerprint density at radius 2 is 1.76 bits per heavy atom. The third-order valence-electron chi connectivity index (χ3n) is 6.52. The molecule has 4 aliphatic rings. The maximum Gasteiger partial charge on any atom is 0.171 e. The van der Waals surface area contributed by atoms with E-state index in [1.165, 1.54) is 57.8 Å². The number of rotatable bonds is 6. The lowest BCUT2D eigenvalue weighted by atomic mass is 9.87. The maximum absolute atomic E-state index is 6.11. The minimum Gasteiger partial charge on any atom is -0.347 e. The lowest BCUT2D eigenvalue weighted by molar-refractivity contribution is -0.199. The molecule has 0 aromatic rings. The average molecular weight is 290 g/mol. The molecule has 1 heterocycles. The van der Waals surface area contributed by atoms with E-state index in [-0.39, 0.29) is 5.79 Å². The van der Waals surface area contributed by atoms with E-state index >= 15 is 0 Å². The second kappa shape index (κ2) is 6.04. The summed E-state index contributed by atoms with van der Waals surface area (Å²) in [6.07, 6.45) is 18.4. The highest BCUT2D eigenvalue weighted by Gasteiger charge is 2.44. The molecule has 21 heavy (non-hydrogen) atoms. The van der Waals surface area contributed by atoms with Gasteiger partial charge >= 0.3 is 0 Å². The van der Waals surface area contributed by atoms with Gasteiger partial charge in [0.25, 0.3) is 0 Å². The number of unbranched alkanes of at least 4 members (excludes halogenated alkanes) is 1. The van der Waals surface area contributed by atoms with Crippen LogP contribution in [0.4, 0.5) is 0 Å². The van der Waals surface area contributed by atoms with Crippen molar-refractivity contribution in [3.63, 3.8) is 0 Å². The zero-order valence-electron chi connectivity index (χ0n) is 13.3. The Labute approximate surface area is 129 Å². The van der Waals surface area contributed by atoms with E-state index in [9.17, 15) is 0 Å². The molecule has 2 bridgehead atoms. The van der Waals surface area contributed by atoms with Crippen molar-refractivity contribution in [2.75, 3.05) is 13.2 Å². The molecule has 3 aliphatic carbocycles. The largest absolute Gasteiger partial charge is 0.347 e. The molecule has 0 radical (unpaired) electrons. The van der Waals surface area contributed by atoms with Gasteiger partial charge in [0.05, 0.1) is 13.2 Å². The molecular weight excluding hydrogens is 260 g/mol. The highest BCUT2D eigenvalue weighted by molar-refractivity contribution is 5.09. The van der Waals surface area contributed by atoms with Crippen LogP contribution in [0.25, 0.3) is 0 Å². The van der Waals surface area contributed by atoms with Crippen LogP contribution in [-0.2, 0) is 9.47 Å². The molecule has 1 aliphatic heterocycles. The maximum atomic E-state index is 6.11. The van der Waals surface area contributed by atoms with Gasteiger partial charge in [-0.3, -0.25) is 0 Å². The summed E-state index contributed by atoms with van der Waals surface area (Å²) in [5, 5.41) is 0. The van der Waals surface area contributed by atoms with Crippen LogP contribution in [0, 0.1) is 23.7 Å². The van der Waals surface area contributed by atoms with E-state index in [4.69, 9.17) is 9.47 Å². The minimum atomic E-state index is -0.189. The molecule has 1 saturated heterocycles. The van der Waals surface area contributed by atoms with Gasteiger partial charge in [-0.25, -0.2) is 0 Å². The van der Waals surface area contributed by atoms with Crippen LogP contribution in [-0.4, -0.2) is 19.0 Å². The molecule has 4 rings (SSSR count). The third kappa shape index (κ3) is 2.82. The highest BCUT2D eigenvalue weighted by atomic mass is 16.7. The lowest BCUT2D eigenvalue weighted by Crippen LogP contribution is -2.38. The first kappa shape index (κ1) is 14.3. The normalized spacial score (nSPS) is 37.8. The van der Waals surface area contributed by atoms with Crippen molar-refractivity contribution in [2.45, 2.75) is 70.0 Å². The molecule has 0 aromatic heterocycles. The molecule has 3 atom stereocenters. The van der Waals surface area contributed by atoms with E-state index in [2.05, 4.69) is 12.2 Å². The molecule has 0 amide bonds. The van der Waals surface area contributed by atoms with E-state index in [1.54, 1.807) is 0 Å². The van der Waals surface area contributed by atoms with Gasteiger partial charge in [-0.2, -0.15) is 0 Å². The van der Waals surface area contributed by atoms with Crippen molar-refractivity contribution in [1.29, 1.82) is 0 Å². The summed E-state index contributed by atoms with van der Waals surface area (Å²) < 4.78 is 12.2. The molecule has 3 fully saturated rings. The molecule has 0 N–H and O–H groups in total. The van der Waals surface area contributed by atoms with Crippen LogP contribution in [0.15, 0.2) is 12.2 Å². The lowest BCUT2D eigenvalue weighted by Gasteiger charge is -2.33. The fourth-order valence-electron chi connectivity index (χ4n) is 5.42. The second-order valence-electron chi connectivity index (χ2n) is 7.78. The van der Waals surface area contributed by atoms with E-state index in [0.29, 0.717) is 5.92 Å². The Balaban J connectivity index is 1.24. The monoisotopic (exact) mass is 290 g/mol. The molecule has 3 unspecified atom stereocenters. The summed E-state index contributed by atoms with van der Waals surface area (Å²) in [6.45, 7) is 1.63. The fraction of sp³-hybridized carbons (Fsp3) is 0.895. The standard InChI is InChI=1S/C19H30O2/c1-2-7-18(6-1)19(20-11-12-21-19)10-4-3-5-16-13-15-8-9-17(16)14-15/h8-9,15-18H,1-7,10-14H2. The molecule has 2 heteroatoms. The predicted octanol–water partition coefficient (Wildman–Crippen LogP) is 4.69. The van der Waals surface area contributed by atoms with Gasteiger partial charge in [0, 0.05) is 12.3 Å². The summed E-state index contributed by atoms with van der Waals surface area (Å²) in [6, 6.07) is 0. The minimum absolute atomic E-state index is 0.189. The topological polar surface area (TPSA) is 18.5 Å². The second-order valence-corrected chi connectivity index (χ2v) is 7.78. The molecular formula is C19H30O2. The van der Waals surface area contributed by atoms with Crippen molar-refractivity contribution >= 4 is 0 Å². The summed E-state index contributed by atoms with van der Waals surface area (Å²) in [7, 11) is 0. The number of hydrogen-bond donors (Lipinski definition) is 0. The number of fused-ring (bicyclic) bond motifs is 2. The number of ether oxygens (including phenoxy) is 2. The van der Waals surface area contributed by atoms with Gasteiger partial charge in [-0.05, 0) is 56.3 Å². The Morgan fingerprint density at radius 1 is 0.952 bits per heavy atom. The van der Waals surface area contributed by atoms with Crippen LogP contribution in [0.2, 0.25) is 0 Å². The van der Waals surface area contributed by atoms with Gasteiger partial charge in [0.2, 0.25) is 0 Å². The van der Waals surface area contributed by atoms with Crippen LogP contribution < -0.4 is 0 Å². The van der Waals surface area contributed by atoms with Crippen molar-refractivity contribution in [1.82, 2.24) is 0 Å². The average Bonchev–Trinajstić information content (AvgIpc) is 3.28. The van der Waals surface area contributed by atoms with Crippen molar-refractivity contribution in [3.05, 3.63) is 12.2 Å². The van der Waals surface area contributed by atoms with Gasteiger partial charge in [0.15, 0.2) is 5.79 Å².